The number of morpholine rings is 1. The van der Waals surface area contributed by atoms with Crippen molar-refractivity contribution in [1.29, 1.82) is 5.41 Å². The number of nitrogens with zero attached hydrogens (tertiary/aromatic N) is 1. The third kappa shape index (κ3) is 3.51. The summed E-state index contributed by atoms with van der Waals surface area (Å²) in [5.74, 6) is -0.212. The molecule has 1 heterocycles. The molecule has 18 heavy (non-hydrogen) atoms. The standard InChI is InChI=1S/C12H15BrFN3O/c13-9-3-8(4-10(14)5-9)6-17-1-2-18-11(7-17)12(15)16/h3-5,11H,1-2,6-7H2,(H3,15,16). The average molecular weight is 316 g/mol. The van der Waals surface area contributed by atoms with Crippen LogP contribution in [-0.4, -0.2) is 36.5 Å². The molecule has 0 bridgehead atoms. The van der Waals surface area contributed by atoms with Crippen molar-refractivity contribution < 1.29 is 9.13 Å². The number of nitrogens with two attached hydrogens (primary N) is 1. The summed E-state index contributed by atoms with van der Waals surface area (Å²) in [5, 5.41) is 7.39. The highest BCUT2D eigenvalue weighted by Gasteiger charge is 2.22. The number of amidine groups is 1. The summed E-state index contributed by atoms with van der Waals surface area (Å²) >= 11 is 3.28. The Bertz CT molecular complexity index is 435. The highest BCUT2D eigenvalue weighted by molar-refractivity contribution is 9.10. The van der Waals surface area contributed by atoms with E-state index in [9.17, 15) is 4.39 Å². The Morgan fingerprint density at radius 3 is 3.00 bits per heavy atom. The molecule has 1 aromatic carbocycles. The molecule has 1 saturated heterocycles. The lowest BCUT2D eigenvalue weighted by molar-refractivity contribution is 0.00233. The maximum atomic E-state index is 13.3. The molecule has 2 rings (SSSR count). The molecule has 0 amide bonds. The van der Waals surface area contributed by atoms with Gasteiger partial charge in [0.05, 0.1) is 6.61 Å². The Labute approximate surface area is 114 Å². The van der Waals surface area contributed by atoms with Crippen LogP contribution in [0.2, 0.25) is 0 Å². The molecule has 0 radical (unpaired) electrons. The zero-order valence-corrected chi connectivity index (χ0v) is 11.4. The van der Waals surface area contributed by atoms with E-state index in [0.717, 1.165) is 16.6 Å². The van der Waals surface area contributed by atoms with Crippen molar-refractivity contribution in [2.75, 3.05) is 19.7 Å². The summed E-state index contributed by atoms with van der Waals surface area (Å²) in [6.07, 6.45) is -0.351. The van der Waals surface area contributed by atoms with Gasteiger partial charge in [-0.1, -0.05) is 15.9 Å². The molecular formula is C12H15BrFN3O. The number of halogens is 2. The Hall–Kier alpha value is -0.980. The first-order valence-corrected chi connectivity index (χ1v) is 6.47. The molecule has 4 nitrogen and oxygen atoms in total. The number of nitrogens with one attached hydrogen (secondary N) is 1. The Morgan fingerprint density at radius 1 is 1.56 bits per heavy atom. The zero-order valence-electron chi connectivity index (χ0n) is 9.83. The van der Waals surface area contributed by atoms with Crippen LogP contribution in [0, 0.1) is 11.2 Å². The van der Waals surface area contributed by atoms with Crippen LogP contribution in [0.15, 0.2) is 22.7 Å². The average Bonchev–Trinajstić information content (AvgIpc) is 2.27. The van der Waals surface area contributed by atoms with Crippen LogP contribution in [0.25, 0.3) is 0 Å². The second-order valence-electron chi connectivity index (χ2n) is 4.33. The normalized spacial score (nSPS) is 20.9. The first-order valence-electron chi connectivity index (χ1n) is 5.67. The van der Waals surface area contributed by atoms with E-state index in [0.29, 0.717) is 19.7 Å². The number of ether oxygens (including phenoxy) is 1. The fourth-order valence-electron chi connectivity index (χ4n) is 1.99. The number of hydrogen-bond donors (Lipinski definition) is 2. The highest BCUT2D eigenvalue weighted by Crippen LogP contribution is 2.17. The van der Waals surface area contributed by atoms with E-state index < -0.39 is 0 Å². The van der Waals surface area contributed by atoms with Crippen LogP contribution in [0.3, 0.4) is 0 Å². The molecule has 3 N–H and O–H groups in total. The second kappa shape index (κ2) is 5.77. The van der Waals surface area contributed by atoms with Gasteiger partial charge in [-0.05, 0) is 23.8 Å². The smallest absolute Gasteiger partial charge is 0.127 e. The van der Waals surface area contributed by atoms with Crippen molar-refractivity contribution in [2.24, 2.45) is 5.73 Å². The van der Waals surface area contributed by atoms with Crippen molar-refractivity contribution >= 4 is 21.8 Å². The van der Waals surface area contributed by atoms with Crippen molar-refractivity contribution in [3.8, 4) is 0 Å². The van der Waals surface area contributed by atoms with E-state index in [-0.39, 0.29) is 17.8 Å². The zero-order chi connectivity index (χ0) is 13.1. The summed E-state index contributed by atoms with van der Waals surface area (Å²) < 4.78 is 19.4. The molecule has 0 aliphatic carbocycles. The molecule has 6 heteroatoms. The fourth-order valence-corrected chi connectivity index (χ4v) is 2.51. The van der Waals surface area contributed by atoms with Gasteiger partial charge in [-0.15, -0.1) is 0 Å². The topological polar surface area (TPSA) is 62.3 Å². The quantitative estimate of drug-likeness (QED) is 0.659. The number of benzene rings is 1. The lowest BCUT2D eigenvalue weighted by atomic mass is 10.2. The van der Waals surface area contributed by atoms with E-state index in [1.807, 2.05) is 6.07 Å². The lowest BCUT2D eigenvalue weighted by Gasteiger charge is -2.32. The molecule has 1 unspecified atom stereocenters. The molecule has 0 spiro atoms. The van der Waals surface area contributed by atoms with Gasteiger partial charge in [-0.3, -0.25) is 10.3 Å². The number of rotatable bonds is 3. The lowest BCUT2D eigenvalue weighted by Crippen LogP contribution is -2.47. The van der Waals surface area contributed by atoms with Crippen molar-refractivity contribution in [3.63, 3.8) is 0 Å². The van der Waals surface area contributed by atoms with Gasteiger partial charge in [0.25, 0.3) is 0 Å². The molecule has 1 atom stereocenters. The third-order valence-electron chi connectivity index (χ3n) is 2.83. The first-order chi connectivity index (χ1) is 8.54. The van der Waals surface area contributed by atoms with Gasteiger partial charge in [0.15, 0.2) is 0 Å². The van der Waals surface area contributed by atoms with Gasteiger partial charge >= 0.3 is 0 Å². The summed E-state index contributed by atoms with van der Waals surface area (Å²) in [5.41, 5.74) is 6.33. The SMILES string of the molecule is N=C(N)C1CN(Cc2cc(F)cc(Br)c2)CCO1. The second-order valence-corrected chi connectivity index (χ2v) is 5.24. The van der Waals surface area contributed by atoms with Crippen molar-refractivity contribution in [3.05, 3.63) is 34.1 Å². The fraction of sp³-hybridized carbons (Fsp3) is 0.417. The maximum absolute atomic E-state index is 13.3. The summed E-state index contributed by atoms with van der Waals surface area (Å²) in [6.45, 7) is 2.51. The van der Waals surface area contributed by atoms with Crippen molar-refractivity contribution in [1.82, 2.24) is 4.90 Å². The third-order valence-corrected chi connectivity index (χ3v) is 3.28. The van der Waals surface area contributed by atoms with Gasteiger partial charge in [0.1, 0.15) is 17.8 Å². The summed E-state index contributed by atoms with van der Waals surface area (Å²) in [6, 6.07) is 4.84. The number of hydrogen-bond acceptors (Lipinski definition) is 3. The molecule has 98 valence electrons. The molecule has 1 aliphatic rings. The molecular weight excluding hydrogens is 301 g/mol. The monoisotopic (exact) mass is 315 g/mol. The molecule has 1 fully saturated rings. The highest BCUT2D eigenvalue weighted by atomic mass is 79.9. The Balaban J connectivity index is 2.02. The van der Waals surface area contributed by atoms with Gasteiger partial charge in [-0.25, -0.2) is 4.39 Å². The largest absolute Gasteiger partial charge is 0.385 e. The first kappa shape index (κ1) is 13.5. The molecule has 0 aromatic heterocycles. The van der Waals surface area contributed by atoms with Crippen LogP contribution in [0.5, 0.6) is 0 Å². The minimum absolute atomic E-state index is 0.0418. The summed E-state index contributed by atoms with van der Waals surface area (Å²) in [7, 11) is 0. The van der Waals surface area contributed by atoms with Crippen LogP contribution in [-0.2, 0) is 11.3 Å². The van der Waals surface area contributed by atoms with E-state index in [4.69, 9.17) is 15.9 Å². The van der Waals surface area contributed by atoms with E-state index >= 15 is 0 Å². The van der Waals surface area contributed by atoms with E-state index in [1.165, 1.54) is 12.1 Å². The van der Waals surface area contributed by atoms with Gasteiger partial charge in [0, 0.05) is 24.1 Å². The minimum Gasteiger partial charge on any atom is -0.385 e. The molecule has 0 saturated carbocycles. The van der Waals surface area contributed by atoms with Crippen LogP contribution >= 0.6 is 15.9 Å². The van der Waals surface area contributed by atoms with Crippen LogP contribution in [0.1, 0.15) is 5.56 Å². The van der Waals surface area contributed by atoms with Crippen molar-refractivity contribution in [2.45, 2.75) is 12.6 Å². The van der Waals surface area contributed by atoms with E-state index in [2.05, 4.69) is 20.8 Å². The molecule has 1 aromatic rings. The summed E-state index contributed by atoms with van der Waals surface area (Å²) in [4.78, 5) is 2.11. The van der Waals surface area contributed by atoms with Crippen LogP contribution in [0.4, 0.5) is 4.39 Å². The predicted molar refractivity (Wildman–Crippen MR) is 71.0 cm³/mol. The predicted octanol–water partition coefficient (Wildman–Crippen LogP) is 1.72. The molecule has 1 aliphatic heterocycles. The van der Waals surface area contributed by atoms with Crippen LogP contribution < -0.4 is 5.73 Å². The Morgan fingerprint density at radius 2 is 2.33 bits per heavy atom. The van der Waals surface area contributed by atoms with Gasteiger partial charge < -0.3 is 10.5 Å². The van der Waals surface area contributed by atoms with Gasteiger partial charge in [0.2, 0.25) is 0 Å². The van der Waals surface area contributed by atoms with E-state index in [1.54, 1.807) is 0 Å². The Kier molecular flexibility index (Phi) is 4.31. The van der Waals surface area contributed by atoms with Gasteiger partial charge in [-0.2, -0.15) is 0 Å². The maximum Gasteiger partial charge on any atom is 0.127 e. The minimum atomic E-state index is -0.351.